The van der Waals surface area contributed by atoms with Crippen molar-refractivity contribution in [3.05, 3.63) is 52.0 Å². The van der Waals surface area contributed by atoms with E-state index in [0.717, 1.165) is 23.0 Å². The summed E-state index contributed by atoms with van der Waals surface area (Å²) in [7, 11) is -3.52. The summed E-state index contributed by atoms with van der Waals surface area (Å²) in [6, 6.07) is 9.90. The number of piperidine rings is 1. The molecule has 0 atom stereocenters. The maximum atomic E-state index is 12.7. The minimum atomic E-state index is -3.52. The van der Waals surface area contributed by atoms with Crippen LogP contribution in [0.5, 0.6) is 0 Å². The number of anilines is 1. The predicted molar refractivity (Wildman–Crippen MR) is 108 cm³/mol. The van der Waals surface area contributed by atoms with E-state index < -0.39 is 10.0 Å². The van der Waals surface area contributed by atoms with Crippen LogP contribution in [0.3, 0.4) is 0 Å². The molecule has 1 aromatic carbocycles. The van der Waals surface area contributed by atoms with E-state index in [9.17, 15) is 13.2 Å². The molecule has 6 nitrogen and oxygen atoms in total. The number of furan rings is 1. The molecule has 1 saturated heterocycles. The molecule has 2 aromatic rings. The lowest BCUT2D eigenvalue weighted by Crippen LogP contribution is -2.35. The van der Waals surface area contributed by atoms with Crippen LogP contribution < -0.4 is 5.32 Å². The van der Waals surface area contributed by atoms with Crippen LogP contribution in [0.1, 0.15) is 25.0 Å². The zero-order valence-electron chi connectivity index (χ0n) is 14.0. The zero-order valence-corrected chi connectivity index (χ0v) is 17.0. The minimum absolute atomic E-state index is 0.196. The van der Waals surface area contributed by atoms with E-state index in [2.05, 4.69) is 5.32 Å². The summed E-state index contributed by atoms with van der Waals surface area (Å²) in [4.78, 5) is 12.2. The number of hydrogen-bond acceptors (Lipinski definition) is 4. The van der Waals surface area contributed by atoms with Gasteiger partial charge in [-0.1, -0.05) is 12.5 Å². The van der Waals surface area contributed by atoms with Gasteiger partial charge in [-0.3, -0.25) is 4.79 Å². The van der Waals surface area contributed by atoms with E-state index >= 15 is 0 Å². The van der Waals surface area contributed by atoms with Crippen molar-refractivity contribution in [2.75, 3.05) is 18.4 Å². The van der Waals surface area contributed by atoms with Gasteiger partial charge in [0.1, 0.15) is 5.76 Å². The highest BCUT2D eigenvalue weighted by Crippen LogP contribution is 2.23. The van der Waals surface area contributed by atoms with Crippen molar-refractivity contribution in [2.24, 2.45) is 0 Å². The number of benzene rings is 1. The largest absolute Gasteiger partial charge is 0.451 e. The van der Waals surface area contributed by atoms with Crippen LogP contribution in [-0.4, -0.2) is 31.7 Å². The Morgan fingerprint density at radius 2 is 1.92 bits per heavy atom. The second-order valence-corrected chi connectivity index (χ2v) is 8.96. The second-order valence-electron chi connectivity index (χ2n) is 5.96. The highest BCUT2D eigenvalue weighted by Gasteiger charge is 2.26. The molecule has 0 saturated carbocycles. The Hall–Kier alpha value is -1.65. The first-order valence-electron chi connectivity index (χ1n) is 8.30. The molecule has 8 heteroatoms. The summed E-state index contributed by atoms with van der Waals surface area (Å²) in [6.45, 7) is 1.09. The molecule has 1 N–H and O–H groups in total. The van der Waals surface area contributed by atoms with E-state index in [1.54, 1.807) is 36.4 Å². The lowest BCUT2D eigenvalue weighted by molar-refractivity contribution is -0.111. The molecule has 1 aliphatic rings. The summed E-state index contributed by atoms with van der Waals surface area (Å²) < 4.78 is 33.0. The maximum Gasteiger partial charge on any atom is 0.248 e. The van der Waals surface area contributed by atoms with E-state index in [0.29, 0.717) is 24.5 Å². The van der Waals surface area contributed by atoms with Crippen molar-refractivity contribution in [1.29, 1.82) is 0 Å². The molecule has 2 heterocycles. The molecule has 138 valence electrons. The molecule has 1 aliphatic heterocycles. The quantitative estimate of drug-likeness (QED) is 0.517. The van der Waals surface area contributed by atoms with Gasteiger partial charge in [-0.05, 0) is 71.8 Å². The number of hydrogen-bond donors (Lipinski definition) is 1. The summed E-state index contributed by atoms with van der Waals surface area (Å²) in [5.74, 6) is 0.218. The van der Waals surface area contributed by atoms with E-state index in [1.807, 2.05) is 22.6 Å². The fourth-order valence-electron chi connectivity index (χ4n) is 2.75. The van der Waals surface area contributed by atoms with Gasteiger partial charge in [-0.15, -0.1) is 0 Å². The highest BCUT2D eigenvalue weighted by atomic mass is 127. The van der Waals surface area contributed by atoms with E-state index in [-0.39, 0.29) is 10.8 Å². The van der Waals surface area contributed by atoms with Crippen LogP contribution in [-0.2, 0) is 14.8 Å². The number of sulfonamides is 1. The number of carbonyl (C=O) groups is 1. The number of nitrogens with one attached hydrogen (secondary N) is 1. The third-order valence-electron chi connectivity index (χ3n) is 4.05. The molecule has 0 bridgehead atoms. The standard InChI is InChI=1S/C18H19IN2O4S/c19-17-9-7-15(25-17)8-10-18(22)20-14-5-4-6-16(13-14)26(23,24)21-11-2-1-3-12-21/h4-10,13H,1-3,11-12H2,(H,20,22)/b10-8+. The minimum Gasteiger partial charge on any atom is -0.451 e. The topological polar surface area (TPSA) is 79.6 Å². The number of amides is 1. The molecule has 0 unspecified atom stereocenters. The Morgan fingerprint density at radius 3 is 2.62 bits per heavy atom. The third-order valence-corrected chi connectivity index (χ3v) is 6.52. The molecule has 0 radical (unpaired) electrons. The normalized spacial score (nSPS) is 16.0. The summed E-state index contributed by atoms with van der Waals surface area (Å²) in [6.07, 6.45) is 5.73. The summed E-state index contributed by atoms with van der Waals surface area (Å²) >= 11 is 2.04. The lowest BCUT2D eigenvalue weighted by Gasteiger charge is -2.26. The predicted octanol–water partition coefficient (Wildman–Crippen LogP) is 3.71. The van der Waals surface area contributed by atoms with Gasteiger partial charge in [0.25, 0.3) is 0 Å². The van der Waals surface area contributed by atoms with Gasteiger partial charge in [-0.2, -0.15) is 4.31 Å². The fourth-order valence-corrected chi connectivity index (χ4v) is 4.75. The fraction of sp³-hybridized carbons (Fsp3) is 0.278. The van der Waals surface area contributed by atoms with Crippen molar-refractivity contribution in [3.63, 3.8) is 0 Å². The van der Waals surface area contributed by atoms with Crippen molar-refractivity contribution in [2.45, 2.75) is 24.2 Å². The Balaban J connectivity index is 1.70. The van der Waals surface area contributed by atoms with E-state index in [1.165, 1.54) is 16.4 Å². The van der Waals surface area contributed by atoms with Crippen LogP contribution in [0.4, 0.5) is 5.69 Å². The van der Waals surface area contributed by atoms with Gasteiger partial charge < -0.3 is 9.73 Å². The van der Waals surface area contributed by atoms with Crippen molar-refractivity contribution < 1.29 is 17.6 Å². The van der Waals surface area contributed by atoms with Crippen LogP contribution in [0, 0.1) is 3.77 Å². The molecular formula is C18H19IN2O4S. The molecule has 26 heavy (non-hydrogen) atoms. The number of halogens is 1. The Bertz CT molecular complexity index is 915. The SMILES string of the molecule is O=C(/C=C/c1ccc(I)o1)Nc1cccc(S(=O)(=O)N2CCCCC2)c1. The second kappa shape index (κ2) is 8.36. The lowest BCUT2D eigenvalue weighted by atomic mass is 10.2. The summed E-state index contributed by atoms with van der Waals surface area (Å²) in [5.41, 5.74) is 0.437. The molecule has 0 spiro atoms. The van der Waals surface area contributed by atoms with Crippen LogP contribution in [0.25, 0.3) is 6.08 Å². The molecule has 1 aromatic heterocycles. The molecule has 0 aliphatic carbocycles. The van der Waals surface area contributed by atoms with Crippen molar-refractivity contribution >= 4 is 50.3 Å². The number of carbonyl (C=O) groups excluding carboxylic acids is 1. The Morgan fingerprint density at radius 1 is 1.15 bits per heavy atom. The van der Waals surface area contributed by atoms with Gasteiger partial charge in [-0.25, -0.2) is 8.42 Å². The first-order valence-corrected chi connectivity index (χ1v) is 10.8. The van der Waals surface area contributed by atoms with E-state index in [4.69, 9.17) is 4.42 Å². The molecule has 1 amide bonds. The summed E-state index contributed by atoms with van der Waals surface area (Å²) in [5, 5.41) is 2.68. The zero-order chi connectivity index (χ0) is 18.6. The monoisotopic (exact) mass is 486 g/mol. The molecule has 3 rings (SSSR count). The Labute approximate surface area is 166 Å². The van der Waals surface area contributed by atoms with Crippen LogP contribution in [0.2, 0.25) is 0 Å². The number of rotatable bonds is 5. The molecular weight excluding hydrogens is 467 g/mol. The first kappa shape index (κ1) is 19.1. The van der Waals surface area contributed by atoms with Gasteiger partial charge >= 0.3 is 0 Å². The third kappa shape index (κ3) is 4.74. The van der Waals surface area contributed by atoms with Gasteiger partial charge in [0.15, 0.2) is 3.77 Å². The van der Waals surface area contributed by atoms with Crippen LogP contribution in [0.15, 0.2) is 51.8 Å². The van der Waals surface area contributed by atoms with Crippen LogP contribution >= 0.6 is 22.6 Å². The van der Waals surface area contributed by atoms with Crippen molar-refractivity contribution in [3.8, 4) is 0 Å². The average Bonchev–Trinajstić information content (AvgIpc) is 3.06. The number of nitrogens with zero attached hydrogens (tertiary/aromatic N) is 1. The molecule has 1 fully saturated rings. The Kier molecular flexibility index (Phi) is 6.15. The maximum absolute atomic E-state index is 12.7. The van der Waals surface area contributed by atoms with Gasteiger partial charge in [0.2, 0.25) is 15.9 Å². The van der Waals surface area contributed by atoms with Gasteiger partial charge in [0, 0.05) is 24.9 Å². The smallest absolute Gasteiger partial charge is 0.248 e. The van der Waals surface area contributed by atoms with Gasteiger partial charge in [0.05, 0.1) is 4.90 Å². The first-order chi connectivity index (χ1) is 12.4. The highest BCUT2D eigenvalue weighted by molar-refractivity contribution is 14.1. The average molecular weight is 486 g/mol. The van der Waals surface area contributed by atoms with Crippen molar-refractivity contribution in [1.82, 2.24) is 4.31 Å².